The zero-order chi connectivity index (χ0) is 20.2. The van der Waals surface area contributed by atoms with Crippen LogP contribution in [0.25, 0.3) is 10.8 Å². The summed E-state index contributed by atoms with van der Waals surface area (Å²) >= 11 is 3.56. The number of nitrogens with zero attached hydrogens (tertiary/aromatic N) is 1. The number of aryl methyl sites for hydroxylation is 1. The number of fused-ring (bicyclic) bond motifs is 1. The zero-order valence-corrected chi connectivity index (χ0v) is 18.1. The van der Waals surface area contributed by atoms with Gasteiger partial charge in [-0.05, 0) is 65.6 Å². The molecule has 0 spiro atoms. The maximum absolute atomic E-state index is 6.22. The molecule has 2 nitrogen and oxygen atoms in total. The number of benzene rings is 4. The number of halogens is 1. The molecule has 0 N–H and O–H groups in total. The van der Waals surface area contributed by atoms with E-state index in [-0.39, 0.29) is 0 Å². The predicted octanol–water partition coefficient (Wildman–Crippen LogP) is 7.55. The second kappa shape index (κ2) is 8.62. The van der Waals surface area contributed by atoms with Gasteiger partial charge in [0.2, 0.25) is 0 Å². The van der Waals surface area contributed by atoms with Gasteiger partial charge in [-0.25, -0.2) is 0 Å². The molecule has 0 aliphatic heterocycles. The van der Waals surface area contributed by atoms with Gasteiger partial charge in [-0.15, -0.1) is 0 Å². The average molecular weight is 444 g/mol. The van der Waals surface area contributed by atoms with Crippen molar-refractivity contribution in [2.24, 2.45) is 4.99 Å². The minimum Gasteiger partial charge on any atom is -0.488 e. The van der Waals surface area contributed by atoms with E-state index in [1.807, 2.05) is 36.5 Å². The molecule has 0 saturated carbocycles. The predicted molar refractivity (Wildman–Crippen MR) is 126 cm³/mol. The molecule has 0 amide bonds. The monoisotopic (exact) mass is 443 g/mol. The summed E-state index contributed by atoms with van der Waals surface area (Å²) in [5.74, 6) is 0.815. The van der Waals surface area contributed by atoms with Gasteiger partial charge in [0.1, 0.15) is 12.4 Å². The van der Waals surface area contributed by atoms with Gasteiger partial charge in [-0.3, -0.25) is 4.99 Å². The lowest BCUT2D eigenvalue weighted by Gasteiger charge is -2.12. The highest BCUT2D eigenvalue weighted by molar-refractivity contribution is 9.10. The molecule has 3 heteroatoms. The Morgan fingerprint density at radius 3 is 2.59 bits per heavy atom. The molecular weight excluding hydrogens is 422 g/mol. The number of ether oxygens (including phenoxy) is 1. The van der Waals surface area contributed by atoms with Crippen molar-refractivity contribution < 1.29 is 4.74 Å². The average Bonchev–Trinajstić information content (AvgIpc) is 2.74. The van der Waals surface area contributed by atoms with Crippen LogP contribution in [0.2, 0.25) is 0 Å². The third kappa shape index (κ3) is 4.41. The van der Waals surface area contributed by atoms with Gasteiger partial charge < -0.3 is 4.74 Å². The van der Waals surface area contributed by atoms with Crippen LogP contribution in [0.5, 0.6) is 5.75 Å². The minimum atomic E-state index is 0.507. The minimum absolute atomic E-state index is 0.507. The van der Waals surface area contributed by atoms with Crippen molar-refractivity contribution in [1.29, 1.82) is 0 Å². The van der Waals surface area contributed by atoms with E-state index < -0.39 is 0 Å². The number of aliphatic imine (C=N–C) groups is 1. The Bertz CT molecular complexity index is 1190. The summed E-state index contributed by atoms with van der Waals surface area (Å²) in [5.41, 5.74) is 5.52. The molecule has 0 bridgehead atoms. The fourth-order valence-corrected chi connectivity index (χ4v) is 3.72. The largest absolute Gasteiger partial charge is 0.488 e. The van der Waals surface area contributed by atoms with Crippen LogP contribution in [-0.2, 0) is 6.61 Å². The topological polar surface area (TPSA) is 21.6 Å². The SMILES string of the molecule is Cc1cccc(N=Cc2cc(Br)ccc2OCc2cccc3ccccc23)c1C. The molecule has 0 atom stereocenters. The van der Waals surface area contributed by atoms with Gasteiger partial charge in [-0.2, -0.15) is 0 Å². The van der Waals surface area contributed by atoms with Gasteiger partial charge in [0.05, 0.1) is 5.69 Å². The van der Waals surface area contributed by atoms with E-state index in [1.54, 1.807) is 0 Å². The molecule has 0 aromatic heterocycles. The Kier molecular flexibility index (Phi) is 5.77. The van der Waals surface area contributed by atoms with Crippen LogP contribution in [0.1, 0.15) is 22.3 Å². The molecule has 0 fully saturated rings. The van der Waals surface area contributed by atoms with Crippen molar-refractivity contribution in [3.05, 3.63) is 106 Å². The smallest absolute Gasteiger partial charge is 0.128 e. The van der Waals surface area contributed by atoms with Crippen LogP contribution >= 0.6 is 15.9 Å². The van der Waals surface area contributed by atoms with E-state index in [0.29, 0.717) is 6.61 Å². The molecule has 4 rings (SSSR count). The summed E-state index contributed by atoms with van der Waals surface area (Å²) in [6, 6.07) is 26.9. The van der Waals surface area contributed by atoms with E-state index in [9.17, 15) is 0 Å². The van der Waals surface area contributed by atoms with Crippen LogP contribution in [0.15, 0.2) is 88.3 Å². The highest BCUT2D eigenvalue weighted by Crippen LogP contribution is 2.27. The Balaban J connectivity index is 1.61. The maximum Gasteiger partial charge on any atom is 0.128 e. The second-order valence-corrected chi connectivity index (χ2v) is 8.00. The fraction of sp³-hybridized carbons (Fsp3) is 0.115. The third-order valence-electron chi connectivity index (χ3n) is 5.15. The van der Waals surface area contributed by atoms with Crippen LogP contribution in [-0.4, -0.2) is 6.21 Å². The molecule has 0 unspecified atom stereocenters. The van der Waals surface area contributed by atoms with Gasteiger partial charge >= 0.3 is 0 Å². The standard InChI is InChI=1S/C26H22BrNO/c1-18-7-5-12-25(19(18)2)28-16-22-15-23(27)13-14-26(22)29-17-21-10-6-9-20-8-3-4-11-24(20)21/h3-16H,17H2,1-2H3. The Labute approximate surface area is 180 Å². The van der Waals surface area contributed by atoms with Gasteiger partial charge in [0, 0.05) is 16.3 Å². The number of hydrogen-bond acceptors (Lipinski definition) is 2. The first-order valence-electron chi connectivity index (χ1n) is 9.61. The molecule has 4 aromatic rings. The molecular formula is C26H22BrNO. The molecule has 144 valence electrons. The molecule has 0 saturated heterocycles. The van der Waals surface area contributed by atoms with E-state index in [0.717, 1.165) is 21.5 Å². The van der Waals surface area contributed by atoms with Crippen molar-refractivity contribution >= 4 is 38.6 Å². The first-order chi connectivity index (χ1) is 14.1. The summed E-state index contributed by atoms with van der Waals surface area (Å²) < 4.78 is 7.21. The quantitative estimate of drug-likeness (QED) is 0.291. The number of rotatable bonds is 5. The van der Waals surface area contributed by atoms with Gasteiger partial charge in [0.25, 0.3) is 0 Å². The Morgan fingerprint density at radius 1 is 0.897 bits per heavy atom. The van der Waals surface area contributed by atoms with E-state index >= 15 is 0 Å². The summed E-state index contributed by atoms with van der Waals surface area (Å²) in [4.78, 5) is 4.72. The third-order valence-corrected chi connectivity index (χ3v) is 5.65. The molecule has 0 aliphatic carbocycles. The first-order valence-corrected chi connectivity index (χ1v) is 10.4. The summed E-state index contributed by atoms with van der Waals surface area (Å²) in [7, 11) is 0. The summed E-state index contributed by atoms with van der Waals surface area (Å²) in [6.07, 6.45) is 1.88. The molecule has 0 aliphatic rings. The fourth-order valence-electron chi connectivity index (χ4n) is 3.34. The van der Waals surface area contributed by atoms with E-state index in [4.69, 9.17) is 9.73 Å². The van der Waals surface area contributed by atoms with Gasteiger partial charge in [0.15, 0.2) is 0 Å². The Hall–Kier alpha value is -2.91. The molecule has 0 radical (unpaired) electrons. The van der Waals surface area contributed by atoms with Crippen molar-refractivity contribution in [3.63, 3.8) is 0 Å². The first kappa shape index (κ1) is 19.4. The maximum atomic E-state index is 6.22. The van der Waals surface area contributed by atoms with Crippen LogP contribution in [0.4, 0.5) is 5.69 Å². The van der Waals surface area contributed by atoms with Crippen molar-refractivity contribution in [2.45, 2.75) is 20.5 Å². The summed E-state index contributed by atoms with van der Waals surface area (Å²) in [5, 5.41) is 2.44. The Morgan fingerprint density at radius 2 is 1.69 bits per heavy atom. The lowest BCUT2D eigenvalue weighted by Crippen LogP contribution is -1.99. The van der Waals surface area contributed by atoms with Gasteiger partial charge in [-0.1, -0.05) is 70.5 Å². The molecule has 29 heavy (non-hydrogen) atoms. The van der Waals surface area contributed by atoms with Crippen molar-refractivity contribution in [3.8, 4) is 5.75 Å². The highest BCUT2D eigenvalue weighted by Gasteiger charge is 2.06. The zero-order valence-electron chi connectivity index (χ0n) is 16.5. The van der Waals surface area contributed by atoms with Crippen molar-refractivity contribution in [2.75, 3.05) is 0 Å². The lowest BCUT2D eigenvalue weighted by molar-refractivity contribution is 0.307. The van der Waals surface area contributed by atoms with Crippen molar-refractivity contribution in [1.82, 2.24) is 0 Å². The van der Waals surface area contributed by atoms with Crippen LogP contribution in [0, 0.1) is 13.8 Å². The highest BCUT2D eigenvalue weighted by atomic mass is 79.9. The summed E-state index contributed by atoms with van der Waals surface area (Å²) in [6.45, 7) is 4.71. The molecule has 4 aromatic carbocycles. The second-order valence-electron chi connectivity index (χ2n) is 7.09. The normalized spacial score (nSPS) is 11.3. The number of hydrogen-bond donors (Lipinski definition) is 0. The van der Waals surface area contributed by atoms with E-state index in [1.165, 1.54) is 27.5 Å². The van der Waals surface area contributed by atoms with E-state index in [2.05, 4.69) is 78.3 Å². The lowest BCUT2D eigenvalue weighted by atomic mass is 10.1. The van der Waals surface area contributed by atoms with Crippen LogP contribution in [0.3, 0.4) is 0 Å². The van der Waals surface area contributed by atoms with Crippen LogP contribution < -0.4 is 4.74 Å². The molecule has 0 heterocycles.